The van der Waals surface area contributed by atoms with Crippen molar-refractivity contribution >= 4 is 27.3 Å². The van der Waals surface area contributed by atoms with Gasteiger partial charge in [-0.15, -0.1) is 11.3 Å². The van der Waals surface area contributed by atoms with E-state index < -0.39 is 23.6 Å². The number of hydrogen-bond acceptors (Lipinski definition) is 3. The largest absolute Gasteiger partial charge is 0.419 e. The lowest BCUT2D eigenvalue weighted by atomic mass is 10.0. The van der Waals surface area contributed by atoms with Gasteiger partial charge in [-0.3, -0.25) is 5.84 Å². The topological polar surface area (TPSA) is 38.0 Å². The van der Waals surface area contributed by atoms with Crippen LogP contribution in [0.3, 0.4) is 0 Å². The fraction of sp³-hybridized carbons (Fsp3) is 0.167. The SMILES string of the molecule is NNC(c1ccc(F)c(C(F)(F)F)c1)c1sccc1Br. The van der Waals surface area contributed by atoms with Gasteiger partial charge in [0.05, 0.1) is 11.6 Å². The molecule has 20 heavy (non-hydrogen) atoms. The molecule has 0 spiro atoms. The Morgan fingerprint density at radius 2 is 1.95 bits per heavy atom. The summed E-state index contributed by atoms with van der Waals surface area (Å²) in [5, 5.41) is 1.78. The van der Waals surface area contributed by atoms with E-state index in [-0.39, 0.29) is 5.56 Å². The van der Waals surface area contributed by atoms with Crippen LogP contribution in [0.25, 0.3) is 0 Å². The van der Waals surface area contributed by atoms with Crippen LogP contribution in [0.2, 0.25) is 0 Å². The minimum absolute atomic E-state index is 0.240. The summed E-state index contributed by atoms with van der Waals surface area (Å²) in [6.45, 7) is 0. The predicted molar refractivity (Wildman–Crippen MR) is 72.6 cm³/mol. The Kier molecular flexibility index (Phi) is 4.48. The molecule has 0 aliphatic carbocycles. The third kappa shape index (κ3) is 3.03. The molecule has 0 radical (unpaired) electrons. The smallest absolute Gasteiger partial charge is 0.271 e. The zero-order chi connectivity index (χ0) is 14.9. The summed E-state index contributed by atoms with van der Waals surface area (Å²) < 4.78 is 52.2. The van der Waals surface area contributed by atoms with Crippen molar-refractivity contribution < 1.29 is 17.6 Å². The molecule has 0 saturated heterocycles. The third-order valence-electron chi connectivity index (χ3n) is 2.70. The maximum Gasteiger partial charge on any atom is 0.419 e. The van der Waals surface area contributed by atoms with Crippen LogP contribution in [0.5, 0.6) is 0 Å². The average Bonchev–Trinajstić information content (AvgIpc) is 2.77. The zero-order valence-electron chi connectivity index (χ0n) is 9.84. The van der Waals surface area contributed by atoms with Crippen LogP contribution in [0.1, 0.15) is 22.0 Å². The van der Waals surface area contributed by atoms with Crippen LogP contribution in [0.4, 0.5) is 17.6 Å². The van der Waals surface area contributed by atoms with E-state index in [2.05, 4.69) is 21.4 Å². The molecule has 2 aromatic rings. The third-order valence-corrected chi connectivity index (χ3v) is 4.64. The fourth-order valence-corrected chi connectivity index (χ4v) is 3.46. The lowest BCUT2D eigenvalue weighted by molar-refractivity contribution is -0.140. The van der Waals surface area contributed by atoms with Gasteiger partial charge in [0.15, 0.2) is 0 Å². The number of hydrogen-bond donors (Lipinski definition) is 2. The van der Waals surface area contributed by atoms with Crippen molar-refractivity contribution in [2.75, 3.05) is 0 Å². The second-order valence-corrected chi connectivity index (χ2v) is 5.77. The Morgan fingerprint density at radius 1 is 1.25 bits per heavy atom. The van der Waals surface area contributed by atoms with Gasteiger partial charge >= 0.3 is 6.18 Å². The summed E-state index contributed by atoms with van der Waals surface area (Å²) in [4.78, 5) is 0.715. The standard InChI is InChI=1S/C12H9BrF4N2S/c13-8-3-4-20-11(8)10(19-18)6-1-2-9(14)7(5-6)12(15,16)17/h1-5,10,19H,18H2. The first-order valence-electron chi connectivity index (χ1n) is 5.40. The van der Waals surface area contributed by atoms with Crippen LogP contribution in [-0.4, -0.2) is 0 Å². The fourth-order valence-electron chi connectivity index (χ4n) is 1.77. The Morgan fingerprint density at radius 3 is 2.45 bits per heavy atom. The highest BCUT2D eigenvalue weighted by Gasteiger charge is 2.35. The minimum atomic E-state index is -4.74. The normalized spacial score (nSPS) is 13.5. The molecule has 1 aromatic heterocycles. The number of rotatable bonds is 3. The first-order chi connectivity index (χ1) is 9.34. The Labute approximate surface area is 124 Å². The minimum Gasteiger partial charge on any atom is -0.271 e. The van der Waals surface area contributed by atoms with Crippen LogP contribution >= 0.6 is 27.3 Å². The Balaban J connectivity index is 2.49. The maximum absolute atomic E-state index is 13.3. The zero-order valence-corrected chi connectivity index (χ0v) is 12.2. The number of alkyl halides is 3. The van der Waals surface area contributed by atoms with Crippen LogP contribution < -0.4 is 11.3 Å². The van der Waals surface area contributed by atoms with E-state index in [9.17, 15) is 17.6 Å². The first-order valence-corrected chi connectivity index (χ1v) is 7.07. The molecule has 0 aliphatic rings. The molecular weight excluding hydrogens is 360 g/mol. The van der Waals surface area contributed by atoms with Gasteiger partial charge in [0.1, 0.15) is 5.82 Å². The van der Waals surface area contributed by atoms with E-state index >= 15 is 0 Å². The van der Waals surface area contributed by atoms with Crippen LogP contribution in [-0.2, 0) is 6.18 Å². The molecule has 1 heterocycles. The highest BCUT2D eigenvalue weighted by Crippen LogP contribution is 2.36. The molecule has 0 bridgehead atoms. The van der Waals surface area contributed by atoms with Gasteiger partial charge in [-0.05, 0) is 45.1 Å². The second kappa shape index (κ2) is 5.80. The van der Waals surface area contributed by atoms with Gasteiger partial charge in [-0.1, -0.05) is 6.07 Å². The van der Waals surface area contributed by atoms with Gasteiger partial charge < -0.3 is 0 Å². The van der Waals surface area contributed by atoms with Gasteiger partial charge in [0.25, 0.3) is 0 Å². The summed E-state index contributed by atoms with van der Waals surface area (Å²) in [6.07, 6.45) is -4.74. The molecule has 8 heteroatoms. The molecule has 1 atom stereocenters. The quantitative estimate of drug-likeness (QED) is 0.483. The Hall–Kier alpha value is -0.960. The van der Waals surface area contributed by atoms with E-state index in [4.69, 9.17) is 5.84 Å². The molecule has 0 saturated carbocycles. The molecule has 0 fully saturated rings. The summed E-state index contributed by atoms with van der Waals surface area (Å²) >= 11 is 4.63. The van der Waals surface area contributed by atoms with E-state index in [0.717, 1.165) is 16.6 Å². The van der Waals surface area contributed by atoms with Crippen molar-refractivity contribution in [3.63, 3.8) is 0 Å². The molecule has 0 aliphatic heterocycles. The molecule has 2 nitrogen and oxygen atoms in total. The highest BCUT2D eigenvalue weighted by atomic mass is 79.9. The summed E-state index contributed by atoms with van der Waals surface area (Å²) in [5.74, 6) is 4.12. The molecule has 1 unspecified atom stereocenters. The predicted octanol–water partition coefficient (Wildman–Crippen LogP) is 4.22. The molecule has 2 rings (SSSR count). The second-order valence-electron chi connectivity index (χ2n) is 3.97. The van der Waals surface area contributed by atoms with E-state index in [1.165, 1.54) is 17.4 Å². The van der Waals surface area contributed by atoms with Crippen LogP contribution in [0, 0.1) is 5.82 Å². The molecule has 3 N–H and O–H groups in total. The van der Waals surface area contributed by atoms with E-state index in [1.807, 2.05) is 0 Å². The van der Waals surface area contributed by atoms with E-state index in [0.29, 0.717) is 4.88 Å². The van der Waals surface area contributed by atoms with Gasteiger partial charge in [0.2, 0.25) is 0 Å². The maximum atomic E-state index is 13.3. The number of nitrogens with two attached hydrogens (primary N) is 1. The molecular formula is C12H9BrF4N2S. The van der Waals surface area contributed by atoms with Crippen molar-refractivity contribution in [3.05, 3.63) is 55.9 Å². The van der Waals surface area contributed by atoms with Gasteiger partial charge in [0, 0.05) is 9.35 Å². The lowest BCUT2D eigenvalue weighted by Crippen LogP contribution is -2.28. The van der Waals surface area contributed by atoms with Crippen LogP contribution in [0.15, 0.2) is 34.1 Å². The molecule has 1 aromatic carbocycles. The summed E-state index contributed by atoms with van der Waals surface area (Å²) in [5.41, 5.74) is 1.39. The monoisotopic (exact) mass is 368 g/mol. The first kappa shape index (κ1) is 15.4. The number of halogens is 5. The Bertz CT molecular complexity index is 612. The van der Waals surface area contributed by atoms with Crippen molar-refractivity contribution in [2.24, 2.45) is 5.84 Å². The van der Waals surface area contributed by atoms with Crippen molar-refractivity contribution in [1.29, 1.82) is 0 Å². The van der Waals surface area contributed by atoms with Crippen molar-refractivity contribution in [3.8, 4) is 0 Å². The van der Waals surface area contributed by atoms with Crippen molar-refractivity contribution in [1.82, 2.24) is 5.43 Å². The number of hydrazine groups is 1. The summed E-state index contributed by atoms with van der Waals surface area (Å²) in [7, 11) is 0. The number of nitrogens with one attached hydrogen (secondary N) is 1. The summed E-state index contributed by atoms with van der Waals surface area (Å²) in [6, 6.07) is 3.96. The molecule has 108 valence electrons. The van der Waals surface area contributed by atoms with Gasteiger partial charge in [-0.25, -0.2) is 9.82 Å². The van der Waals surface area contributed by atoms with Gasteiger partial charge in [-0.2, -0.15) is 13.2 Å². The van der Waals surface area contributed by atoms with Crippen molar-refractivity contribution in [2.45, 2.75) is 12.2 Å². The lowest BCUT2D eigenvalue weighted by Gasteiger charge is -2.17. The molecule has 0 amide bonds. The number of benzene rings is 1. The average molecular weight is 369 g/mol. The highest BCUT2D eigenvalue weighted by molar-refractivity contribution is 9.10. The van der Waals surface area contributed by atoms with E-state index in [1.54, 1.807) is 11.4 Å². The number of thiophene rings is 1.